The number of fused-ring (bicyclic) bond motifs is 3. The van der Waals surface area contributed by atoms with E-state index in [-0.39, 0.29) is 5.43 Å². The summed E-state index contributed by atoms with van der Waals surface area (Å²) in [5.41, 5.74) is 4.05. The fraction of sp³-hybridized carbons (Fsp3) is 0.160. The van der Waals surface area contributed by atoms with Gasteiger partial charge in [-0.3, -0.25) is 9.69 Å². The van der Waals surface area contributed by atoms with Gasteiger partial charge in [0, 0.05) is 18.1 Å². The molecule has 5 heteroatoms. The molecule has 2 heterocycles. The third kappa shape index (κ3) is 3.38. The maximum absolute atomic E-state index is 13.3. The van der Waals surface area contributed by atoms with Crippen LogP contribution in [0.4, 0.5) is 0 Å². The summed E-state index contributed by atoms with van der Waals surface area (Å²) in [5, 5.41) is 1.20. The fourth-order valence-electron chi connectivity index (χ4n) is 4.01. The van der Waals surface area contributed by atoms with Crippen molar-refractivity contribution in [3.05, 3.63) is 98.9 Å². The van der Waals surface area contributed by atoms with Crippen LogP contribution in [-0.2, 0) is 13.1 Å². The molecule has 30 heavy (non-hydrogen) atoms. The Hall–Kier alpha value is -3.08. The second kappa shape index (κ2) is 7.63. The molecule has 0 atom stereocenters. The second-order valence-electron chi connectivity index (χ2n) is 7.53. The number of halogens is 1. The minimum atomic E-state index is -0.0425. The van der Waals surface area contributed by atoms with Crippen LogP contribution < -0.4 is 10.2 Å². The predicted molar refractivity (Wildman–Crippen MR) is 119 cm³/mol. The number of hydrogen-bond donors (Lipinski definition) is 0. The van der Waals surface area contributed by atoms with Crippen LogP contribution in [0, 0.1) is 6.92 Å². The van der Waals surface area contributed by atoms with E-state index in [2.05, 4.69) is 17.0 Å². The first-order valence-corrected chi connectivity index (χ1v) is 10.2. The molecule has 0 radical (unpaired) electrons. The minimum absolute atomic E-state index is 0.0425. The Bertz CT molecular complexity index is 1280. The SMILES string of the molecule is Cc1oc2c3c(ccc2c(=O)c1-c1ccc(Cl)cc1)OCN(Cc1ccccc1)C3. The van der Waals surface area contributed by atoms with E-state index in [9.17, 15) is 4.79 Å². The smallest absolute Gasteiger partial charge is 0.200 e. The summed E-state index contributed by atoms with van der Waals surface area (Å²) in [7, 11) is 0. The number of rotatable bonds is 3. The molecule has 0 aliphatic carbocycles. The lowest BCUT2D eigenvalue weighted by Crippen LogP contribution is -2.31. The first kappa shape index (κ1) is 18.9. The summed E-state index contributed by atoms with van der Waals surface area (Å²) in [5.74, 6) is 1.36. The molecule has 0 amide bonds. The van der Waals surface area contributed by atoms with Gasteiger partial charge in [0.1, 0.15) is 23.8 Å². The first-order chi connectivity index (χ1) is 14.6. The van der Waals surface area contributed by atoms with Gasteiger partial charge in [-0.05, 0) is 42.3 Å². The van der Waals surface area contributed by atoms with Gasteiger partial charge in [0.15, 0.2) is 0 Å². The van der Waals surface area contributed by atoms with Gasteiger partial charge in [-0.15, -0.1) is 0 Å². The normalized spacial score (nSPS) is 13.8. The lowest BCUT2D eigenvalue weighted by Gasteiger charge is -2.29. The van der Waals surface area contributed by atoms with Crippen molar-refractivity contribution in [2.75, 3.05) is 6.73 Å². The van der Waals surface area contributed by atoms with Crippen LogP contribution in [0.1, 0.15) is 16.9 Å². The summed E-state index contributed by atoms with van der Waals surface area (Å²) in [6.07, 6.45) is 0. The fourth-order valence-corrected chi connectivity index (χ4v) is 4.14. The zero-order chi connectivity index (χ0) is 20.7. The van der Waals surface area contributed by atoms with Gasteiger partial charge in [-0.1, -0.05) is 54.1 Å². The largest absolute Gasteiger partial charge is 0.478 e. The molecular formula is C25H20ClNO3. The summed E-state index contributed by atoms with van der Waals surface area (Å²) in [4.78, 5) is 15.5. The Morgan fingerprint density at radius 1 is 1.00 bits per heavy atom. The third-order valence-electron chi connectivity index (χ3n) is 5.46. The van der Waals surface area contributed by atoms with Crippen LogP contribution in [0.25, 0.3) is 22.1 Å². The van der Waals surface area contributed by atoms with Crippen molar-refractivity contribution in [1.82, 2.24) is 4.90 Å². The molecule has 0 spiro atoms. The summed E-state index contributed by atoms with van der Waals surface area (Å²) >= 11 is 6.00. The molecule has 1 aliphatic heterocycles. The molecule has 5 rings (SSSR count). The van der Waals surface area contributed by atoms with Gasteiger partial charge < -0.3 is 9.15 Å². The van der Waals surface area contributed by atoms with Gasteiger partial charge in [0.05, 0.1) is 16.5 Å². The Balaban J connectivity index is 1.58. The van der Waals surface area contributed by atoms with Crippen molar-refractivity contribution in [1.29, 1.82) is 0 Å². The summed E-state index contributed by atoms with van der Waals surface area (Å²) in [6, 6.07) is 21.2. The van der Waals surface area contributed by atoms with Crippen LogP contribution in [0.5, 0.6) is 5.75 Å². The Morgan fingerprint density at radius 2 is 1.77 bits per heavy atom. The van der Waals surface area contributed by atoms with Gasteiger partial charge in [0.25, 0.3) is 0 Å². The molecule has 150 valence electrons. The number of aryl methyl sites for hydroxylation is 1. The number of ether oxygens (including phenoxy) is 1. The maximum Gasteiger partial charge on any atom is 0.200 e. The van der Waals surface area contributed by atoms with Crippen LogP contribution in [0.15, 0.2) is 75.9 Å². The van der Waals surface area contributed by atoms with Gasteiger partial charge in [-0.2, -0.15) is 0 Å². The van der Waals surface area contributed by atoms with E-state index in [1.807, 2.05) is 43.3 Å². The van der Waals surface area contributed by atoms with Crippen LogP contribution in [0.2, 0.25) is 5.02 Å². The number of benzene rings is 3. The van der Waals surface area contributed by atoms with E-state index in [0.717, 1.165) is 23.4 Å². The van der Waals surface area contributed by atoms with Crippen molar-refractivity contribution in [3.8, 4) is 16.9 Å². The molecule has 0 saturated heterocycles. The summed E-state index contributed by atoms with van der Waals surface area (Å²) < 4.78 is 12.2. The average molecular weight is 418 g/mol. The highest BCUT2D eigenvalue weighted by molar-refractivity contribution is 6.30. The Kier molecular flexibility index (Phi) is 4.81. The zero-order valence-electron chi connectivity index (χ0n) is 16.5. The molecule has 0 bridgehead atoms. The van der Waals surface area contributed by atoms with Gasteiger partial charge in [-0.25, -0.2) is 0 Å². The first-order valence-electron chi connectivity index (χ1n) is 9.84. The molecular weight excluding hydrogens is 398 g/mol. The van der Waals surface area contributed by atoms with E-state index in [1.165, 1.54) is 5.56 Å². The number of nitrogens with zero attached hydrogens (tertiary/aromatic N) is 1. The molecule has 4 nitrogen and oxygen atoms in total. The number of hydrogen-bond acceptors (Lipinski definition) is 4. The minimum Gasteiger partial charge on any atom is -0.478 e. The Labute approximate surface area is 179 Å². The Morgan fingerprint density at radius 3 is 2.53 bits per heavy atom. The van der Waals surface area contributed by atoms with E-state index in [0.29, 0.717) is 40.6 Å². The molecule has 4 aromatic rings. The molecule has 0 saturated carbocycles. The molecule has 3 aromatic carbocycles. The van der Waals surface area contributed by atoms with E-state index in [1.54, 1.807) is 18.2 Å². The highest BCUT2D eigenvalue weighted by Gasteiger charge is 2.24. The summed E-state index contributed by atoms with van der Waals surface area (Å²) in [6.45, 7) is 3.75. The highest BCUT2D eigenvalue weighted by atomic mass is 35.5. The van der Waals surface area contributed by atoms with E-state index in [4.69, 9.17) is 20.8 Å². The molecule has 0 N–H and O–H groups in total. The van der Waals surface area contributed by atoms with Crippen LogP contribution in [-0.4, -0.2) is 11.6 Å². The molecule has 1 aromatic heterocycles. The van der Waals surface area contributed by atoms with Crippen LogP contribution >= 0.6 is 11.6 Å². The maximum atomic E-state index is 13.3. The zero-order valence-corrected chi connectivity index (χ0v) is 17.3. The van der Waals surface area contributed by atoms with E-state index >= 15 is 0 Å². The van der Waals surface area contributed by atoms with Crippen molar-refractivity contribution >= 4 is 22.6 Å². The van der Waals surface area contributed by atoms with Crippen LogP contribution in [0.3, 0.4) is 0 Å². The quantitative estimate of drug-likeness (QED) is 0.424. The van der Waals surface area contributed by atoms with Crippen molar-refractivity contribution in [3.63, 3.8) is 0 Å². The monoisotopic (exact) mass is 417 g/mol. The average Bonchev–Trinajstić information content (AvgIpc) is 2.76. The van der Waals surface area contributed by atoms with Gasteiger partial charge >= 0.3 is 0 Å². The molecule has 0 fully saturated rings. The third-order valence-corrected chi connectivity index (χ3v) is 5.71. The molecule has 1 aliphatic rings. The predicted octanol–water partition coefficient (Wildman–Crippen LogP) is 5.77. The van der Waals surface area contributed by atoms with Crippen molar-refractivity contribution in [2.45, 2.75) is 20.0 Å². The highest BCUT2D eigenvalue weighted by Crippen LogP contribution is 2.34. The standard InChI is InChI=1S/C25H20ClNO3/c1-16-23(18-7-9-19(26)10-8-18)24(28)20-11-12-22-21(25(20)30-16)14-27(15-29-22)13-17-5-3-2-4-6-17/h2-12H,13-15H2,1H3. The lowest BCUT2D eigenvalue weighted by molar-refractivity contribution is 0.0890. The lowest BCUT2D eigenvalue weighted by atomic mass is 10.0. The van der Waals surface area contributed by atoms with Crippen molar-refractivity contribution < 1.29 is 9.15 Å². The topological polar surface area (TPSA) is 42.7 Å². The molecule has 0 unspecified atom stereocenters. The van der Waals surface area contributed by atoms with Gasteiger partial charge in [0.2, 0.25) is 5.43 Å². The van der Waals surface area contributed by atoms with E-state index < -0.39 is 0 Å². The second-order valence-corrected chi connectivity index (χ2v) is 7.97. The van der Waals surface area contributed by atoms with Crippen molar-refractivity contribution in [2.24, 2.45) is 0 Å².